The summed E-state index contributed by atoms with van der Waals surface area (Å²) in [5.41, 5.74) is 9.40. The number of hydrogen-bond donors (Lipinski definition) is 0. The van der Waals surface area contributed by atoms with Crippen molar-refractivity contribution in [1.29, 1.82) is 0 Å². The molecule has 52 heavy (non-hydrogen) atoms. The van der Waals surface area contributed by atoms with Crippen LogP contribution in [0.3, 0.4) is 0 Å². The van der Waals surface area contributed by atoms with Crippen LogP contribution in [0.1, 0.15) is 0 Å². The summed E-state index contributed by atoms with van der Waals surface area (Å²) in [7, 11) is 0. The molecule has 244 valence electrons. The van der Waals surface area contributed by atoms with Crippen LogP contribution in [0.15, 0.2) is 176 Å². The second-order valence-corrected chi connectivity index (χ2v) is 13.9. The van der Waals surface area contributed by atoms with E-state index in [4.69, 9.17) is 23.8 Å². The molecule has 0 saturated heterocycles. The Balaban J connectivity index is 1.07. The second kappa shape index (κ2) is 11.4. The number of aromatic nitrogens is 3. The minimum absolute atomic E-state index is 0.587. The van der Waals surface area contributed by atoms with Crippen molar-refractivity contribution in [2.45, 2.75) is 9.79 Å². The molecule has 0 bridgehead atoms. The monoisotopic (exact) mass is 686 g/mol. The van der Waals surface area contributed by atoms with Gasteiger partial charge in [-0.3, -0.25) is 0 Å². The van der Waals surface area contributed by atoms with E-state index in [9.17, 15) is 0 Å². The van der Waals surface area contributed by atoms with Gasteiger partial charge in [-0.05, 0) is 97.1 Å². The highest BCUT2D eigenvalue weighted by Crippen LogP contribution is 2.51. The third-order valence-electron chi connectivity index (χ3n) is 9.72. The molecule has 4 heterocycles. The summed E-state index contributed by atoms with van der Waals surface area (Å²) in [6.45, 7) is 0. The normalized spacial score (nSPS) is 12.5. The first-order valence-electron chi connectivity index (χ1n) is 17.1. The lowest BCUT2D eigenvalue weighted by molar-refractivity contribution is 0.668. The van der Waals surface area contributed by atoms with Gasteiger partial charge in [0, 0.05) is 53.7 Å². The number of benzene rings is 7. The number of hydrogen-bond acceptors (Lipinski definition) is 7. The molecule has 1 aliphatic heterocycles. The summed E-state index contributed by atoms with van der Waals surface area (Å²) in [6, 6.07) is 54.0. The van der Waals surface area contributed by atoms with Gasteiger partial charge in [0.05, 0.1) is 11.4 Å². The minimum Gasteiger partial charge on any atom is -0.456 e. The van der Waals surface area contributed by atoms with Gasteiger partial charge >= 0.3 is 0 Å². The SMILES string of the molecule is c1ccc2c(c1)Sc1ccccc1N2c1ccc(-c2nc(-c3ccc4oc5ccccc5c4c3)nc(-c3ccc4oc5ccccc5c4c3)n2)cc1. The van der Waals surface area contributed by atoms with Crippen molar-refractivity contribution in [2.75, 3.05) is 4.90 Å². The van der Waals surface area contributed by atoms with Crippen LogP contribution in [0, 0.1) is 0 Å². The van der Waals surface area contributed by atoms with Gasteiger partial charge in [-0.1, -0.05) is 72.4 Å². The van der Waals surface area contributed by atoms with Gasteiger partial charge in [-0.25, -0.2) is 15.0 Å². The van der Waals surface area contributed by atoms with Crippen molar-refractivity contribution in [3.05, 3.63) is 158 Å². The summed E-state index contributed by atoms with van der Waals surface area (Å²) < 4.78 is 12.3. The molecule has 0 radical (unpaired) electrons. The molecule has 11 rings (SSSR count). The topological polar surface area (TPSA) is 68.2 Å². The Morgan fingerprint density at radius 1 is 0.385 bits per heavy atom. The zero-order valence-electron chi connectivity index (χ0n) is 27.5. The minimum atomic E-state index is 0.587. The highest BCUT2D eigenvalue weighted by Gasteiger charge is 2.24. The maximum absolute atomic E-state index is 6.14. The zero-order valence-corrected chi connectivity index (χ0v) is 28.3. The van der Waals surface area contributed by atoms with Crippen LogP contribution < -0.4 is 4.90 Å². The lowest BCUT2D eigenvalue weighted by Crippen LogP contribution is -2.14. The maximum Gasteiger partial charge on any atom is 0.164 e. The lowest BCUT2D eigenvalue weighted by atomic mass is 10.1. The number of rotatable bonds is 4. The Hall–Kier alpha value is -6.70. The van der Waals surface area contributed by atoms with Gasteiger partial charge in [0.1, 0.15) is 22.3 Å². The second-order valence-electron chi connectivity index (χ2n) is 12.8. The Bertz CT molecular complexity index is 2840. The van der Waals surface area contributed by atoms with Gasteiger partial charge < -0.3 is 13.7 Å². The average Bonchev–Trinajstić information content (AvgIpc) is 3.77. The quantitative estimate of drug-likeness (QED) is 0.182. The fourth-order valence-corrected chi connectivity index (χ4v) is 8.29. The van der Waals surface area contributed by atoms with Gasteiger partial charge in [-0.2, -0.15) is 0 Å². The van der Waals surface area contributed by atoms with E-state index in [1.54, 1.807) is 11.8 Å². The standard InChI is InChI=1S/C45H26N4O2S/c1-5-13-37-31(9-1)33-25-28(19-23-39(33)50-37)44-46-43(47-45(48-44)29-20-24-40-34(26-29)32-10-2-6-14-38(32)51-40)27-17-21-30(22-18-27)49-35-11-3-7-15-41(35)52-42-16-8-4-12-36(42)49/h1-26H. The van der Waals surface area contributed by atoms with Crippen molar-refractivity contribution in [1.82, 2.24) is 15.0 Å². The van der Waals surface area contributed by atoms with E-state index in [-0.39, 0.29) is 0 Å². The molecule has 0 aliphatic carbocycles. The molecule has 0 saturated carbocycles. The molecule has 0 unspecified atom stereocenters. The van der Waals surface area contributed by atoms with Crippen molar-refractivity contribution in [3.63, 3.8) is 0 Å². The molecule has 10 aromatic rings. The predicted molar refractivity (Wildman–Crippen MR) is 209 cm³/mol. The Labute approximate surface area is 302 Å². The fourth-order valence-electron chi connectivity index (χ4n) is 7.24. The Kier molecular flexibility index (Phi) is 6.38. The Morgan fingerprint density at radius 3 is 1.35 bits per heavy atom. The average molecular weight is 687 g/mol. The van der Waals surface area contributed by atoms with Crippen LogP contribution in [0.5, 0.6) is 0 Å². The number of fused-ring (bicyclic) bond motifs is 8. The molecule has 3 aromatic heterocycles. The summed E-state index contributed by atoms with van der Waals surface area (Å²) in [6.07, 6.45) is 0. The summed E-state index contributed by atoms with van der Waals surface area (Å²) in [4.78, 5) is 20.1. The molecular formula is C45H26N4O2S. The van der Waals surface area contributed by atoms with Crippen molar-refractivity contribution in [2.24, 2.45) is 0 Å². The van der Waals surface area contributed by atoms with E-state index in [0.29, 0.717) is 17.5 Å². The third-order valence-corrected chi connectivity index (χ3v) is 10.9. The van der Waals surface area contributed by atoms with E-state index in [0.717, 1.165) is 77.6 Å². The van der Waals surface area contributed by atoms with E-state index in [2.05, 4.69) is 102 Å². The summed E-state index contributed by atoms with van der Waals surface area (Å²) in [5.74, 6) is 1.77. The fraction of sp³-hybridized carbons (Fsp3) is 0. The van der Waals surface area contributed by atoms with Crippen LogP contribution in [0.2, 0.25) is 0 Å². The first-order valence-corrected chi connectivity index (χ1v) is 17.9. The molecule has 7 aromatic carbocycles. The molecule has 7 heteroatoms. The molecule has 0 spiro atoms. The van der Waals surface area contributed by atoms with Crippen molar-refractivity contribution >= 4 is 72.7 Å². The highest BCUT2D eigenvalue weighted by atomic mass is 32.2. The van der Waals surface area contributed by atoms with Gasteiger partial charge in [0.15, 0.2) is 17.5 Å². The molecule has 1 aliphatic rings. The molecule has 0 N–H and O–H groups in total. The third kappa shape index (κ3) is 4.63. The van der Waals surface area contributed by atoms with Crippen LogP contribution in [-0.4, -0.2) is 15.0 Å². The number of furan rings is 2. The Morgan fingerprint density at radius 2 is 0.808 bits per heavy atom. The highest BCUT2D eigenvalue weighted by molar-refractivity contribution is 7.99. The van der Waals surface area contributed by atoms with Crippen LogP contribution in [-0.2, 0) is 0 Å². The van der Waals surface area contributed by atoms with Gasteiger partial charge in [-0.15, -0.1) is 0 Å². The molecule has 0 amide bonds. The molecular weight excluding hydrogens is 661 g/mol. The van der Waals surface area contributed by atoms with E-state index >= 15 is 0 Å². The van der Waals surface area contributed by atoms with Gasteiger partial charge in [0.2, 0.25) is 0 Å². The molecule has 0 atom stereocenters. The van der Waals surface area contributed by atoms with Crippen LogP contribution in [0.4, 0.5) is 17.1 Å². The van der Waals surface area contributed by atoms with E-state index < -0.39 is 0 Å². The number of anilines is 3. The first kappa shape index (κ1) is 29.1. The largest absolute Gasteiger partial charge is 0.456 e. The summed E-state index contributed by atoms with van der Waals surface area (Å²) >= 11 is 1.80. The zero-order chi connectivity index (χ0) is 34.2. The van der Waals surface area contributed by atoms with Crippen LogP contribution >= 0.6 is 11.8 Å². The smallest absolute Gasteiger partial charge is 0.164 e. The van der Waals surface area contributed by atoms with Crippen molar-refractivity contribution in [3.8, 4) is 34.2 Å². The van der Waals surface area contributed by atoms with E-state index in [1.807, 2.05) is 60.7 Å². The van der Waals surface area contributed by atoms with Crippen molar-refractivity contribution < 1.29 is 8.83 Å². The van der Waals surface area contributed by atoms with Gasteiger partial charge in [0.25, 0.3) is 0 Å². The first-order chi connectivity index (χ1) is 25.7. The van der Waals surface area contributed by atoms with Crippen LogP contribution in [0.25, 0.3) is 78.0 Å². The lowest BCUT2D eigenvalue weighted by Gasteiger charge is -2.32. The predicted octanol–water partition coefficient (Wildman–Crippen LogP) is 12.6. The summed E-state index contributed by atoms with van der Waals surface area (Å²) in [5, 5.41) is 4.15. The number of para-hydroxylation sites is 4. The number of nitrogens with zero attached hydrogens (tertiary/aromatic N) is 4. The maximum atomic E-state index is 6.14. The molecule has 0 fully saturated rings. The molecule has 6 nitrogen and oxygen atoms in total. The van der Waals surface area contributed by atoms with E-state index in [1.165, 1.54) is 9.79 Å².